The van der Waals surface area contributed by atoms with E-state index in [1.54, 1.807) is 17.9 Å². The van der Waals surface area contributed by atoms with Gasteiger partial charge in [0.15, 0.2) is 0 Å². The van der Waals surface area contributed by atoms with Crippen molar-refractivity contribution in [2.45, 2.75) is 44.0 Å². The zero-order valence-corrected chi connectivity index (χ0v) is 14.5. The van der Waals surface area contributed by atoms with E-state index in [9.17, 15) is 13.2 Å². The lowest BCUT2D eigenvalue weighted by atomic mass is 10.0. The molecule has 1 aliphatic heterocycles. The fraction of sp³-hybridized carbons (Fsp3) is 0.500. The molecular weight excluding hydrogens is 356 g/mol. The van der Waals surface area contributed by atoms with E-state index in [0.29, 0.717) is 22.1 Å². The summed E-state index contributed by atoms with van der Waals surface area (Å²) < 4.78 is 23.9. The van der Waals surface area contributed by atoms with E-state index in [2.05, 4.69) is 15.9 Å². The van der Waals surface area contributed by atoms with Crippen LogP contribution in [0.4, 0.5) is 0 Å². The topological polar surface area (TPSA) is 80.5 Å². The fourth-order valence-corrected chi connectivity index (χ4v) is 4.06. The van der Waals surface area contributed by atoms with Gasteiger partial charge in [-0.3, -0.25) is 4.79 Å². The summed E-state index contributed by atoms with van der Waals surface area (Å²) in [6.45, 7) is 4.37. The van der Waals surface area contributed by atoms with Crippen molar-refractivity contribution in [3.05, 3.63) is 27.7 Å². The number of hydrogen-bond acceptors (Lipinski definition) is 3. The first-order valence-electron chi connectivity index (χ1n) is 6.85. The van der Waals surface area contributed by atoms with Crippen LogP contribution in [-0.4, -0.2) is 31.8 Å². The van der Waals surface area contributed by atoms with Crippen molar-refractivity contribution in [3.8, 4) is 0 Å². The molecule has 2 N–H and O–H groups in total. The quantitative estimate of drug-likeness (QED) is 0.862. The van der Waals surface area contributed by atoms with Gasteiger partial charge in [-0.2, -0.15) is 0 Å². The Kier molecular flexibility index (Phi) is 4.75. The minimum atomic E-state index is -3.86. The summed E-state index contributed by atoms with van der Waals surface area (Å²) in [7, 11) is -3.86. The summed E-state index contributed by atoms with van der Waals surface area (Å²) in [5.41, 5.74) is 0.867. The second-order valence-corrected chi connectivity index (χ2v) is 7.85. The fourth-order valence-electron chi connectivity index (χ4n) is 2.64. The summed E-state index contributed by atoms with van der Waals surface area (Å²) in [4.78, 5) is 14.4. The Hall–Kier alpha value is -0.920. The molecule has 1 saturated heterocycles. The Morgan fingerprint density at radius 1 is 1.38 bits per heavy atom. The van der Waals surface area contributed by atoms with Crippen molar-refractivity contribution < 1.29 is 13.2 Å². The van der Waals surface area contributed by atoms with Crippen molar-refractivity contribution in [2.75, 3.05) is 6.54 Å². The Labute approximate surface area is 133 Å². The number of rotatable bonds is 2. The van der Waals surface area contributed by atoms with Crippen LogP contribution in [0.25, 0.3) is 0 Å². The molecule has 1 aromatic carbocycles. The molecule has 116 valence electrons. The van der Waals surface area contributed by atoms with Gasteiger partial charge in [0, 0.05) is 22.6 Å². The molecule has 2 rings (SSSR count). The number of sulfonamides is 1. The van der Waals surface area contributed by atoms with E-state index >= 15 is 0 Å². The van der Waals surface area contributed by atoms with Crippen molar-refractivity contribution in [1.82, 2.24) is 4.90 Å². The number of piperidine rings is 1. The number of hydrogen-bond donors (Lipinski definition) is 1. The van der Waals surface area contributed by atoms with Gasteiger partial charge < -0.3 is 4.90 Å². The van der Waals surface area contributed by atoms with E-state index in [1.165, 1.54) is 6.07 Å². The number of likely N-dealkylation sites (tertiary alicyclic amines) is 1. The molecule has 1 aliphatic rings. The SMILES string of the molecule is Cc1c(Br)cc(C(=O)N2CCCCC2C)cc1S(N)(=O)=O. The highest BCUT2D eigenvalue weighted by atomic mass is 79.9. The second kappa shape index (κ2) is 6.06. The minimum Gasteiger partial charge on any atom is -0.336 e. The first-order valence-corrected chi connectivity index (χ1v) is 9.19. The minimum absolute atomic E-state index is 0.00936. The molecule has 0 spiro atoms. The van der Waals surface area contributed by atoms with Crippen LogP contribution in [0.5, 0.6) is 0 Å². The molecule has 0 radical (unpaired) electrons. The van der Waals surface area contributed by atoms with Crippen LogP contribution in [-0.2, 0) is 10.0 Å². The molecule has 1 heterocycles. The zero-order chi connectivity index (χ0) is 15.8. The highest BCUT2D eigenvalue weighted by molar-refractivity contribution is 9.10. The average Bonchev–Trinajstić information content (AvgIpc) is 2.40. The largest absolute Gasteiger partial charge is 0.336 e. The van der Waals surface area contributed by atoms with Crippen LogP contribution < -0.4 is 5.14 Å². The molecule has 1 atom stereocenters. The number of primary sulfonamides is 1. The van der Waals surface area contributed by atoms with E-state index in [0.717, 1.165) is 19.3 Å². The Balaban J connectivity index is 2.45. The predicted octanol–water partition coefficient (Wildman–Crippen LogP) is 2.42. The number of carbonyl (C=O) groups excluding carboxylic acids is 1. The van der Waals surface area contributed by atoms with Gasteiger partial charge >= 0.3 is 0 Å². The van der Waals surface area contributed by atoms with Gasteiger partial charge in [0.05, 0.1) is 4.90 Å². The average molecular weight is 375 g/mol. The van der Waals surface area contributed by atoms with Crippen molar-refractivity contribution >= 4 is 31.9 Å². The Morgan fingerprint density at radius 3 is 2.62 bits per heavy atom. The van der Waals surface area contributed by atoms with Crippen LogP contribution in [0, 0.1) is 6.92 Å². The molecule has 0 bridgehead atoms. The normalized spacial score (nSPS) is 19.6. The molecule has 0 aliphatic carbocycles. The van der Waals surface area contributed by atoms with Crippen LogP contribution in [0.1, 0.15) is 42.1 Å². The molecule has 5 nitrogen and oxygen atoms in total. The summed E-state index contributed by atoms with van der Waals surface area (Å²) in [5.74, 6) is -0.146. The third kappa shape index (κ3) is 3.46. The standard InChI is InChI=1S/C14H19BrN2O3S/c1-9-5-3-4-6-17(9)14(18)11-7-12(15)10(2)13(8-11)21(16,19)20/h7-9H,3-6H2,1-2H3,(H2,16,19,20). The maximum absolute atomic E-state index is 12.6. The molecular formula is C14H19BrN2O3S. The highest BCUT2D eigenvalue weighted by Crippen LogP contribution is 2.27. The molecule has 1 amide bonds. The monoisotopic (exact) mass is 374 g/mol. The number of nitrogens with zero attached hydrogens (tertiary/aromatic N) is 1. The van der Waals surface area contributed by atoms with Crippen LogP contribution in [0.2, 0.25) is 0 Å². The van der Waals surface area contributed by atoms with Gasteiger partial charge in [-0.25, -0.2) is 13.6 Å². The zero-order valence-electron chi connectivity index (χ0n) is 12.1. The van der Waals surface area contributed by atoms with Crippen LogP contribution in [0.15, 0.2) is 21.5 Å². The second-order valence-electron chi connectivity index (χ2n) is 5.47. The van der Waals surface area contributed by atoms with Gasteiger partial charge in [-0.15, -0.1) is 0 Å². The first kappa shape index (κ1) is 16.5. The third-order valence-corrected chi connectivity index (χ3v) is 5.77. The van der Waals surface area contributed by atoms with Crippen molar-refractivity contribution in [1.29, 1.82) is 0 Å². The molecule has 7 heteroatoms. The molecule has 0 aromatic heterocycles. The third-order valence-electron chi connectivity index (χ3n) is 3.91. The lowest BCUT2D eigenvalue weighted by Crippen LogP contribution is -2.42. The van der Waals surface area contributed by atoms with Gasteiger partial charge in [-0.05, 0) is 50.8 Å². The lowest BCUT2D eigenvalue weighted by molar-refractivity contribution is 0.0635. The van der Waals surface area contributed by atoms with Gasteiger partial charge in [0.25, 0.3) is 5.91 Å². The molecule has 21 heavy (non-hydrogen) atoms. The maximum Gasteiger partial charge on any atom is 0.254 e. The van der Waals surface area contributed by atoms with E-state index in [4.69, 9.17) is 5.14 Å². The van der Waals surface area contributed by atoms with Gasteiger partial charge in [-0.1, -0.05) is 15.9 Å². The van der Waals surface area contributed by atoms with Crippen LogP contribution >= 0.6 is 15.9 Å². The van der Waals surface area contributed by atoms with Crippen LogP contribution in [0.3, 0.4) is 0 Å². The first-order chi connectivity index (χ1) is 9.71. The van der Waals surface area contributed by atoms with Crippen molar-refractivity contribution in [2.24, 2.45) is 5.14 Å². The van der Waals surface area contributed by atoms with Crippen molar-refractivity contribution in [3.63, 3.8) is 0 Å². The smallest absolute Gasteiger partial charge is 0.254 e. The summed E-state index contributed by atoms with van der Waals surface area (Å²) in [5, 5.41) is 5.23. The van der Waals surface area contributed by atoms with E-state index in [1.807, 2.05) is 6.92 Å². The number of nitrogens with two attached hydrogens (primary N) is 1. The van der Waals surface area contributed by atoms with Gasteiger partial charge in [0.2, 0.25) is 10.0 Å². The van der Waals surface area contributed by atoms with E-state index in [-0.39, 0.29) is 16.8 Å². The molecule has 1 aromatic rings. The maximum atomic E-state index is 12.6. The number of amides is 1. The number of halogens is 1. The highest BCUT2D eigenvalue weighted by Gasteiger charge is 2.26. The molecule has 1 unspecified atom stereocenters. The molecule has 0 saturated carbocycles. The lowest BCUT2D eigenvalue weighted by Gasteiger charge is -2.33. The summed E-state index contributed by atoms with van der Waals surface area (Å²) in [6.07, 6.45) is 3.07. The molecule has 1 fully saturated rings. The Morgan fingerprint density at radius 2 is 2.05 bits per heavy atom. The Bertz CT molecular complexity index is 673. The van der Waals surface area contributed by atoms with E-state index < -0.39 is 10.0 Å². The predicted molar refractivity (Wildman–Crippen MR) is 84.6 cm³/mol. The van der Waals surface area contributed by atoms with Gasteiger partial charge in [0.1, 0.15) is 0 Å². The summed E-state index contributed by atoms with van der Waals surface area (Å²) >= 11 is 3.31. The number of benzene rings is 1. The summed E-state index contributed by atoms with van der Waals surface area (Å²) in [6, 6.07) is 3.21. The number of carbonyl (C=O) groups is 1.